The monoisotopic (exact) mass is 439 g/mol. The SMILES string of the molecule is Cc1cc(Br)c(S(=O)(=O)Nc2ccc(F)cc2F)cc1Br. The molecule has 2 rings (SSSR count). The van der Waals surface area contributed by atoms with Gasteiger partial charge in [0, 0.05) is 15.0 Å². The first-order valence-corrected chi connectivity index (χ1v) is 8.71. The second-order valence-electron chi connectivity index (χ2n) is 4.26. The van der Waals surface area contributed by atoms with E-state index >= 15 is 0 Å². The molecule has 0 radical (unpaired) electrons. The molecule has 0 heterocycles. The zero-order valence-corrected chi connectivity index (χ0v) is 14.6. The molecule has 0 aliphatic rings. The number of halogens is 4. The maximum absolute atomic E-state index is 13.6. The van der Waals surface area contributed by atoms with Gasteiger partial charge < -0.3 is 0 Å². The second kappa shape index (κ2) is 6.02. The van der Waals surface area contributed by atoms with E-state index in [-0.39, 0.29) is 10.6 Å². The first-order valence-electron chi connectivity index (χ1n) is 5.64. The summed E-state index contributed by atoms with van der Waals surface area (Å²) >= 11 is 6.41. The van der Waals surface area contributed by atoms with E-state index in [4.69, 9.17) is 0 Å². The predicted octanol–water partition coefficient (Wildman–Crippen LogP) is 4.60. The Morgan fingerprint density at radius 2 is 1.71 bits per heavy atom. The van der Waals surface area contributed by atoms with Crippen molar-refractivity contribution in [3.8, 4) is 0 Å². The van der Waals surface area contributed by atoms with Gasteiger partial charge in [0.05, 0.1) is 5.69 Å². The normalized spacial score (nSPS) is 11.5. The molecule has 0 saturated heterocycles. The molecule has 2 aromatic carbocycles. The van der Waals surface area contributed by atoms with Gasteiger partial charge >= 0.3 is 0 Å². The summed E-state index contributed by atoms with van der Waals surface area (Å²) in [6, 6.07) is 5.64. The van der Waals surface area contributed by atoms with Crippen molar-refractivity contribution in [1.82, 2.24) is 0 Å². The van der Waals surface area contributed by atoms with Crippen LogP contribution < -0.4 is 4.72 Å². The van der Waals surface area contributed by atoms with Crippen molar-refractivity contribution < 1.29 is 17.2 Å². The molecule has 0 saturated carbocycles. The minimum Gasteiger partial charge on any atom is -0.277 e. The molecule has 0 bridgehead atoms. The standard InChI is InChI=1S/C13H9Br2F2NO2S/c1-7-4-10(15)13(6-9(7)14)21(19,20)18-12-3-2-8(16)5-11(12)17/h2-6,18H,1H3. The number of hydrogen-bond acceptors (Lipinski definition) is 2. The van der Waals surface area contributed by atoms with Crippen LogP contribution in [0.3, 0.4) is 0 Å². The lowest BCUT2D eigenvalue weighted by molar-refractivity contribution is 0.582. The maximum Gasteiger partial charge on any atom is 0.263 e. The summed E-state index contributed by atoms with van der Waals surface area (Å²) in [4.78, 5) is -0.0521. The number of anilines is 1. The Bertz CT molecular complexity index is 810. The third-order valence-corrected chi connectivity index (χ3v) is 5.86. The van der Waals surface area contributed by atoms with E-state index in [9.17, 15) is 17.2 Å². The summed E-state index contributed by atoms with van der Waals surface area (Å²) in [6.07, 6.45) is 0. The lowest BCUT2D eigenvalue weighted by atomic mass is 10.2. The van der Waals surface area contributed by atoms with Gasteiger partial charge in [0.25, 0.3) is 10.0 Å². The Hall–Kier alpha value is -0.990. The van der Waals surface area contributed by atoms with Crippen molar-refractivity contribution in [1.29, 1.82) is 0 Å². The Morgan fingerprint density at radius 1 is 1.05 bits per heavy atom. The predicted molar refractivity (Wildman–Crippen MR) is 83.7 cm³/mol. The molecular weight excluding hydrogens is 432 g/mol. The molecular formula is C13H9Br2F2NO2S. The quantitative estimate of drug-likeness (QED) is 0.758. The van der Waals surface area contributed by atoms with Crippen LogP contribution in [0.4, 0.5) is 14.5 Å². The van der Waals surface area contributed by atoms with Gasteiger partial charge in [-0.25, -0.2) is 17.2 Å². The van der Waals surface area contributed by atoms with E-state index in [2.05, 4.69) is 36.6 Å². The van der Waals surface area contributed by atoms with Gasteiger partial charge in [-0.15, -0.1) is 0 Å². The molecule has 0 fully saturated rings. The number of benzene rings is 2. The number of aryl methyl sites for hydroxylation is 1. The van der Waals surface area contributed by atoms with Gasteiger partial charge in [0.1, 0.15) is 16.5 Å². The highest BCUT2D eigenvalue weighted by Gasteiger charge is 2.20. The van der Waals surface area contributed by atoms with Crippen LogP contribution in [0.2, 0.25) is 0 Å². The van der Waals surface area contributed by atoms with E-state index in [1.165, 1.54) is 6.07 Å². The highest BCUT2D eigenvalue weighted by Crippen LogP contribution is 2.30. The summed E-state index contributed by atoms with van der Waals surface area (Å²) in [6.45, 7) is 1.80. The zero-order chi connectivity index (χ0) is 15.8. The zero-order valence-electron chi connectivity index (χ0n) is 10.6. The summed E-state index contributed by atoms with van der Waals surface area (Å²) in [7, 11) is -4.01. The highest BCUT2D eigenvalue weighted by atomic mass is 79.9. The third kappa shape index (κ3) is 3.61. The lowest BCUT2D eigenvalue weighted by Crippen LogP contribution is -2.15. The summed E-state index contributed by atoms with van der Waals surface area (Å²) in [5, 5.41) is 0. The van der Waals surface area contributed by atoms with E-state index in [1.54, 1.807) is 13.0 Å². The number of nitrogens with one attached hydrogen (secondary N) is 1. The molecule has 8 heteroatoms. The lowest BCUT2D eigenvalue weighted by Gasteiger charge is -2.12. The first-order chi connectivity index (χ1) is 9.70. The number of rotatable bonds is 3. The fourth-order valence-corrected chi connectivity index (χ4v) is 4.35. The van der Waals surface area contributed by atoms with Crippen LogP contribution in [0.15, 0.2) is 44.2 Å². The van der Waals surface area contributed by atoms with Gasteiger partial charge in [-0.05, 0) is 52.7 Å². The molecule has 0 aliphatic heterocycles. The van der Waals surface area contributed by atoms with E-state index in [0.717, 1.165) is 17.7 Å². The largest absolute Gasteiger partial charge is 0.277 e. The summed E-state index contributed by atoms with van der Waals surface area (Å²) < 4.78 is 54.0. The van der Waals surface area contributed by atoms with Crippen molar-refractivity contribution >= 4 is 47.6 Å². The average molecular weight is 441 g/mol. The van der Waals surface area contributed by atoms with Crippen molar-refractivity contribution in [2.24, 2.45) is 0 Å². The molecule has 0 unspecified atom stereocenters. The van der Waals surface area contributed by atoms with E-state index < -0.39 is 21.7 Å². The molecule has 21 heavy (non-hydrogen) atoms. The average Bonchev–Trinajstić information content (AvgIpc) is 2.37. The van der Waals surface area contributed by atoms with Gasteiger partial charge in [-0.2, -0.15) is 0 Å². The fraction of sp³-hybridized carbons (Fsp3) is 0.0769. The molecule has 0 spiro atoms. The molecule has 0 aliphatic carbocycles. The van der Waals surface area contributed by atoms with Gasteiger partial charge in [-0.3, -0.25) is 4.72 Å². The van der Waals surface area contributed by atoms with Crippen LogP contribution >= 0.6 is 31.9 Å². The fourth-order valence-electron chi connectivity index (χ4n) is 1.61. The van der Waals surface area contributed by atoms with Crippen molar-refractivity contribution in [3.63, 3.8) is 0 Å². The maximum atomic E-state index is 13.6. The summed E-state index contributed by atoms with van der Waals surface area (Å²) in [5.41, 5.74) is 0.522. The minimum absolute atomic E-state index is 0.0521. The van der Waals surface area contributed by atoms with Crippen molar-refractivity contribution in [2.75, 3.05) is 4.72 Å². The smallest absolute Gasteiger partial charge is 0.263 e. The number of hydrogen-bond donors (Lipinski definition) is 1. The van der Waals surface area contributed by atoms with Crippen LogP contribution in [0, 0.1) is 18.6 Å². The van der Waals surface area contributed by atoms with E-state index in [0.29, 0.717) is 15.0 Å². The third-order valence-electron chi connectivity index (χ3n) is 2.68. The molecule has 1 N–H and O–H groups in total. The molecule has 2 aromatic rings. The van der Waals surface area contributed by atoms with Gasteiger partial charge in [-0.1, -0.05) is 15.9 Å². The Morgan fingerprint density at radius 3 is 2.33 bits per heavy atom. The topological polar surface area (TPSA) is 46.2 Å². The Balaban J connectivity index is 2.46. The van der Waals surface area contributed by atoms with Crippen LogP contribution in [-0.4, -0.2) is 8.42 Å². The summed E-state index contributed by atoms with van der Waals surface area (Å²) in [5.74, 6) is -1.77. The van der Waals surface area contributed by atoms with Crippen LogP contribution in [0.1, 0.15) is 5.56 Å². The molecule has 0 aromatic heterocycles. The molecule has 0 atom stereocenters. The van der Waals surface area contributed by atoms with Crippen LogP contribution in [0.5, 0.6) is 0 Å². The van der Waals surface area contributed by atoms with Crippen molar-refractivity contribution in [2.45, 2.75) is 11.8 Å². The molecule has 0 amide bonds. The highest BCUT2D eigenvalue weighted by molar-refractivity contribution is 9.11. The van der Waals surface area contributed by atoms with Gasteiger partial charge in [0.15, 0.2) is 0 Å². The Labute approximate surface area is 137 Å². The second-order valence-corrected chi connectivity index (χ2v) is 7.62. The molecule has 112 valence electrons. The molecule has 3 nitrogen and oxygen atoms in total. The first kappa shape index (κ1) is 16.4. The van der Waals surface area contributed by atoms with Crippen molar-refractivity contribution in [3.05, 3.63) is 56.5 Å². The minimum atomic E-state index is -4.01. The van der Waals surface area contributed by atoms with Crippen LogP contribution in [0.25, 0.3) is 0 Å². The van der Waals surface area contributed by atoms with E-state index in [1.807, 2.05) is 0 Å². The van der Waals surface area contributed by atoms with Gasteiger partial charge in [0.2, 0.25) is 0 Å². The van der Waals surface area contributed by atoms with Crippen LogP contribution in [-0.2, 0) is 10.0 Å². The Kier molecular flexibility index (Phi) is 4.69. The number of sulfonamides is 1.